The molecular formula is C11H10N2O2. The van der Waals surface area contributed by atoms with Gasteiger partial charge in [-0.1, -0.05) is 12.1 Å². The lowest BCUT2D eigenvalue weighted by atomic mass is 10.1. The van der Waals surface area contributed by atoms with Gasteiger partial charge in [0.25, 0.3) is 0 Å². The van der Waals surface area contributed by atoms with Crippen LogP contribution < -0.4 is 0 Å². The summed E-state index contributed by atoms with van der Waals surface area (Å²) in [5.74, 6) is -0.879. The van der Waals surface area contributed by atoms with E-state index in [1.807, 2.05) is 25.1 Å². The molecule has 0 saturated carbocycles. The number of nitrogens with zero attached hydrogens (tertiary/aromatic N) is 2. The van der Waals surface area contributed by atoms with Crippen molar-refractivity contribution < 1.29 is 9.90 Å². The minimum Gasteiger partial charge on any atom is -0.481 e. The van der Waals surface area contributed by atoms with Crippen molar-refractivity contribution in [2.24, 2.45) is 0 Å². The zero-order chi connectivity index (χ0) is 10.8. The number of hydrogen-bond acceptors (Lipinski definition) is 3. The van der Waals surface area contributed by atoms with Gasteiger partial charge in [0, 0.05) is 5.39 Å². The molecular weight excluding hydrogens is 192 g/mol. The van der Waals surface area contributed by atoms with E-state index >= 15 is 0 Å². The molecule has 0 aliphatic heterocycles. The maximum Gasteiger partial charge on any atom is 0.309 e. The van der Waals surface area contributed by atoms with Crippen LogP contribution in [0.1, 0.15) is 11.3 Å². The van der Waals surface area contributed by atoms with Gasteiger partial charge in [-0.15, -0.1) is 0 Å². The van der Waals surface area contributed by atoms with Crippen LogP contribution in [0, 0.1) is 6.92 Å². The smallest absolute Gasteiger partial charge is 0.309 e. The molecule has 0 aliphatic rings. The third-order valence-corrected chi connectivity index (χ3v) is 2.19. The predicted octanol–water partition coefficient (Wildman–Crippen LogP) is 1.57. The first-order valence-electron chi connectivity index (χ1n) is 4.59. The lowest BCUT2D eigenvalue weighted by molar-refractivity contribution is -0.136. The van der Waals surface area contributed by atoms with Gasteiger partial charge in [-0.05, 0) is 18.6 Å². The standard InChI is InChI=1S/C11H10N2O2/c1-7-2-3-8-9(4-7)12-6-13-10(8)5-11(14)15/h2-4,6H,5H2,1H3,(H,14,15). The van der Waals surface area contributed by atoms with Crippen molar-refractivity contribution in [3.05, 3.63) is 35.8 Å². The average molecular weight is 202 g/mol. The van der Waals surface area contributed by atoms with Gasteiger partial charge in [0.15, 0.2) is 0 Å². The Morgan fingerprint density at radius 1 is 1.40 bits per heavy atom. The molecule has 0 aliphatic carbocycles. The van der Waals surface area contributed by atoms with Crippen LogP contribution in [0.3, 0.4) is 0 Å². The lowest BCUT2D eigenvalue weighted by Gasteiger charge is -2.02. The van der Waals surface area contributed by atoms with E-state index in [0.29, 0.717) is 5.69 Å². The summed E-state index contributed by atoms with van der Waals surface area (Å²) in [6.07, 6.45) is 1.34. The fourth-order valence-corrected chi connectivity index (χ4v) is 1.51. The highest BCUT2D eigenvalue weighted by atomic mass is 16.4. The molecule has 4 nitrogen and oxygen atoms in total. The number of carboxylic acids is 1. The van der Waals surface area contributed by atoms with Gasteiger partial charge in [-0.25, -0.2) is 9.97 Å². The van der Waals surface area contributed by atoms with Gasteiger partial charge in [0.05, 0.1) is 17.6 Å². The van der Waals surface area contributed by atoms with Crippen LogP contribution in [-0.2, 0) is 11.2 Å². The summed E-state index contributed by atoms with van der Waals surface area (Å²) in [5, 5.41) is 9.53. The first-order chi connectivity index (χ1) is 7.16. The molecule has 4 heteroatoms. The summed E-state index contributed by atoms with van der Waals surface area (Å²) in [6.45, 7) is 1.97. The molecule has 1 N–H and O–H groups in total. The minimum absolute atomic E-state index is 0.0674. The Labute approximate surface area is 86.6 Å². The molecule has 0 bridgehead atoms. The van der Waals surface area contributed by atoms with E-state index in [1.165, 1.54) is 6.33 Å². The van der Waals surface area contributed by atoms with E-state index in [2.05, 4.69) is 9.97 Å². The van der Waals surface area contributed by atoms with Gasteiger partial charge in [0.2, 0.25) is 0 Å². The molecule has 0 amide bonds. The van der Waals surface area contributed by atoms with Gasteiger partial charge < -0.3 is 5.11 Å². The molecule has 15 heavy (non-hydrogen) atoms. The molecule has 0 unspecified atom stereocenters. The fourth-order valence-electron chi connectivity index (χ4n) is 1.51. The van der Waals surface area contributed by atoms with E-state index in [4.69, 9.17) is 5.11 Å². The maximum absolute atomic E-state index is 10.6. The molecule has 0 atom stereocenters. The van der Waals surface area contributed by atoms with E-state index < -0.39 is 5.97 Å². The lowest BCUT2D eigenvalue weighted by Crippen LogP contribution is -2.03. The van der Waals surface area contributed by atoms with Crippen LogP contribution in [0.15, 0.2) is 24.5 Å². The van der Waals surface area contributed by atoms with Crippen LogP contribution in [0.4, 0.5) is 0 Å². The summed E-state index contributed by atoms with van der Waals surface area (Å²) in [5.41, 5.74) is 2.45. The zero-order valence-corrected chi connectivity index (χ0v) is 8.27. The Morgan fingerprint density at radius 2 is 2.20 bits per heavy atom. The van der Waals surface area contributed by atoms with Crippen molar-refractivity contribution >= 4 is 16.9 Å². The summed E-state index contributed by atoms with van der Waals surface area (Å²) in [4.78, 5) is 18.7. The monoisotopic (exact) mass is 202 g/mol. The Hall–Kier alpha value is -1.97. The zero-order valence-electron chi connectivity index (χ0n) is 8.27. The van der Waals surface area contributed by atoms with Crippen LogP contribution >= 0.6 is 0 Å². The normalized spacial score (nSPS) is 10.5. The molecule has 2 aromatic rings. The number of rotatable bonds is 2. The Morgan fingerprint density at radius 3 is 2.93 bits per heavy atom. The number of fused-ring (bicyclic) bond motifs is 1. The maximum atomic E-state index is 10.6. The Bertz CT molecular complexity index is 523. The summed E-state index contributed by atoms with van der Waals surface area (Å²) in [6, 6.07) is 5.71. The first kappa shape index (κ1) is 9.58. The topological polar surface area (TPSA) is 63.1 Å². The highest BCUT2D eigenvalue weighted by Gasteiger charge is 2.07. The van der Waals surface area contributed by atoms with Gasteiger partial charge in [0.1, 0.15) is 6.33 Å². The third-order valence-electron chi connectivity index (χ3n) is 2.19. The molecule has 1 aromatic carbocycles. The molecule has 0 saturated heterocycles. The van der Waals surface area contributed by atoms with Crippen LogP contribution in [0.5, 0.6) is 0 Å². The van der Waals surface area contributed by atoms with Crippen molar-refractivity contribution in [1.82, 2.24) is 9.97 Å². The van der Waals surface area contributed by atoms with Crippen LogP contribution in [0.25, 0.3) is 10.9 Å². The van der Waals surface area contributed by atoms with Crippen molar-refractivity contribution in [1.29, 1.82) is 0 Å². The van der Waals surface area contributed by atoms with Gasteiger partial charge >= 0.3 is 5.97 Å². The van der Waals surface area contributed by atoms with E-state index in [0.717, 1.165) is 16.5 Å². The largest absolute Gasteiger partial charge is 0.481 e. The predicted molar refractivity (Wildman–Crippen MR) is 55.6 cm³/mol. The molecule has 76 valence electrons. The SMILES string of the molecule is Cc1ccc2c(CC(=O)O)ncnc2c1. The van der Waals surface area contributed by atoms with Crippen molar-refractivity contribution in [2.45, 2.75) is 13.3 Å². The van der Waals surface area contributed by atoms with Crippen molar-refractivity contribution in [3.8, 4) is 0 Å². The second-order valence-corrected chi connectivity index (χ2v) is 3.41. The van der Waals surface area contributed by atoms with E-state index in [-0.39, 0.29) is 6.42 Å². The molecule has 0 spiro atoms. The molecule has 1 aromatic heterocycles. The minimum atomic E-state index is -0.879. The molecule has 0 fully saturated rings. The number of aryl methyl sites for hydroxylation is 1. The molecule has 1 heterocycles. The van der Waals surface area contributed by atoms with Gasteiger partial charge in [-0.3, -0.25) is 4.79 Å². The second kappa shape index (κ2) is 3.65. The van der Waals surface area contributed by atoms with E-state index in [9.17, 15) is 4.79 Å². The number of hydrogen-bond donors (Lipinski definition) is 1. The number of aliphatic carboxylic acids is 1. The number of aromatic nitrogens is 2. The second-order valence-electron chi connectivity index (χ2n) is 3.41. The van der Waals surface area contributed by atoms with Crippen LogP contribution in [-0.4, -0.2) is 21.0 Å². The van der Waals surface area contributed by atoms with E-state index in [1.54, 1.807) is 0 Å². The Balaban J connectivity index is 2.60. The molecule has 0 radical (unpaired) electrons. The van der Waals surface area contributed by atoms with Crippen molar-refractivity contribution in [2.75, 3.05) is 0 Å². The Kier molecular flexibility index (Phi) is 2.33. The summed E-state index contributed by atoms with van der Waals surface area (Å²) >= 11 is 0. The van der Waals surface area contributed by atoms with Crippen LogP contribution in [0.2, 0.25) is 0 Å². The summed E-state index contributed by atoms with van der Waals surface area (Å²) in [7, 11) is 0. The third kappa shape index (κ3) is 1.93. The van der Waals surface area contributed by atoms with Gasteiger partial charge in [-0.2, -0.15) is 0 Å². The fraction of sp³-hybridized carbons (Fsp3) is 0.182. The molecule has 2 rings (SSSR count). The quantitative estimate of drug-likeness (QED) is 0.802. The number of carbonyl (C=O) groups is 1. The summed E-state index contributed by atoms with van der Waals surface area (Å²) < 4.78 is 0. The average Bonchev–Trinajstić information content (AvgIpc) is 2.16. The highest BCUT2D eigenvalue weighted by Crippen LogP contribution is 2.16. The first-order valence-corrected chi connectivity index (χ1v) is 4.59. The van der Waals surface area contributed by atoms with Crippen molar-refractivity contribution in [3.63, 3.8) is 0 Å². The number of benzene rings is 1. The number of carboxylic acid groups (broad SMARTS) is 1. The highest BCUT2D eigenvalue weighted by molar-refractivity contribution is 5.84.